The van der Waals surface area contributed by atoms with Crippen LogP contribution in [0.3, 0.4) is 0 Å². The summed E-state index contributed by atoms with van der Waals surface area (Å²) in [5, 5.41) is 3.53. The summed E-state index contributed by atoms with van der Waals surface area (Å²) in [7, 11) is 0. The molecule has 2 heteroatoms. The largest absolute Gasteiger partial charge is 0.384 e. The number of hydrogen-bond donors (Lipinski definition) is 2. The third-order valence-corrected chi connectivity index (χ3v) is 3.77. The van der Waals surface area contributed by atoms with Gasteiger partial charge < -0.3 is 11.1 Å². The maximum atomic E-state index is 5.92. The summed E-state index contributed by atoms with van der Waals surface area (Å²) in [5.41, 5.74) is 9.80. The zero-order chi connectivity index (χ0) is 14.4. The summed E-state index contributed by atoms with van der Waals surface area (Å²) in [6.07, 6.45) is 0.955. The van der Waals surface area contributed by atoms with E-state index in [-0.39, 0.29) is 6.04 Å². The van der Waals surface area contributed by atoms with E-state index in [1.165, 1.54) is 16.8 Å². The molecule has 0 spiro atoms. The van der Waals surface area contributed by atoms with Crippen LogP contribution in [0.1, 0.15) is 25.0 Å². The van der Waals surface area contributed by atoms with Crippen LogP contribution < -0.4 is 11.1 Å². The number of para-hydroxylation sites is 1. The predicted octanol–water partition coefficient (Wildman–Crippen LogP) is 3.67. The van der Waals surface area contributed by atoms with Crippen molar-refractivity contribution in [2.24, 2.45) is 11.7 Å². The van der Waals surface area contributed by atoms with Crippen LogP contribution in [0.25, 0.3) is 0 Å². The summed E-state index contributed by atoms with van der Waals surface area (Å²) in [4.78, 5) is 0. The molecule has 2 unspecified atom stereocenters. The molecule has 0 fully saturated rings. The van der Waals surface area contributed by atoms with Gasteiger partial charge in [0.15, 0.2) is 0 Å². The van der Waals surface area contributed by atoms with Crippen LogP contribution in [0.4, 0.5) is 5.69 Å². The van der Waals surface area contributed by atoms with Gasteiger partial charge in [-0.1, -0.05) is 55.5 Å². The van der Waals surface area contributed by atoms with Crippen LogP contribution in [0.2, 0.25) is 0 Å². The Morgan fingerprint density at radius 1 is 0.950 bits per heavy atom. The fourth-order valence-electron chi connectivity index (χ4n) is 2.12. The number of rotatable bonds is 6. The lowest BCUT2D eigenvalue weighted by molar-refractivity contribution is 0.507. The van der Waals surface area contributed by atoms with Crippen LogP contribution in [0, 0.1) is 5.92 Å². The second kappa shape index (κ2) is 7.11. The Bertz CT molecular complexity index is 520. The van der Waals surface area contributed by atoms with Crippen molar-refractivity contribution < 1.29 is 0 Å². The molecule has 0 saturated heterocycles. The third-order valence-electron chi connectivity index (χ3n) is 3.77. The highest BCUT2D eigenvalue weighted by Gasteiger charge is 2.08. The van der Waals surface area contributed by atoms with Gasteiger partial charge in [-0.2, -0.15) is 0 Å². The van der Waals surface area contributed by atoms with Gasteiger partial charge >= 0.3 is 0 Å². The second-order valence-electron chi connectivity index (χ2n) is 5.54. The Hall–Kier alpha value is -1.80. The van der Waals surface area contributed by atoms with Crippen LogP contribution in [0.5, 0.6) is 0 Å². The third kappa shape index (κ3) is 4.10. The molecule has 106 valence electrons. The SMILES string of the molecule is CC(N)C(C)CNc1ccccc1Cc1ccccc1. The first-order valence-electron chi connectivity index (χ1n) is 7.28. The van der Waals surface area contributed by atoms with E-state index < -0.39 is 0 Å². The zero-order valence-electron chi connectivity index (χ0n) is 12.3. The smallest absolute Gasteiger partial charge is 0.0376 e. The maximum absolute atomic E-state index is 5.92. The molecule has 0 amide bonds. The first-order chi connectivity index (χ1) is 9.66. The Morgan fingerprint density at radius 2 is 1.60 bits per heavy atom. The zero-order valence-corrected chi connectivity index (χ0v) is 12.3. The molecule has 2 nitrogen and oxygen atoms in total. The van der Waals surface area contributed by atoms with Crippen molar-refractivity contribution in [2.45, 2.75) is 26.3 Å². The van der Waals surface area contributed by atoms with Crippen molar-refractivity contribution in [3.8, 4) is 0 Å². The molecule has 0 aliphatic heterocycles. The molecule has 0 heterocycles. The minimum Gasteiger partial charge on any atom is -0.384 e. The number of hydrogen-bond acceptors (Lipinski definition) is 2. The van der Waals surface area contributed by atoms with Gasteiger partial charge in [0.25, 0.3) is 0 Å². The van der Waals surface area contributed by atoms with Gasteiger partial charge in [-0.05, 0) is 36.5 Å². The molecular formula is C18H24N2. The maximum Gasteiger partial charge on any atom is 0.0376 e. The molecule has 0 aromatic heterocycles. The highest BCUT2D eigenvalue weighted by molar-refractivity contribution is 5.52. The summed E-state index contributed by atoms with van der Waals surface area (Å²) >= 11 is 0. The van der Waals surface area contributed by atoms with Crippen LogP contribution >= 0.6 is 0 Å². The van der Waals surface area contributed by atoms with Crippen molar-refractivity contribution in [1.29, 1.82) is 0 Å². The van der Waals surface area contributed by atoms with Crippen LogP contribution in [-0.2, 0) is 6.42 Å². The topological polar surface area (TPSA) is 38.0 Å². The van der Waals surface area contributed by atoms with Crippen LogP contribution in [0.15, 0.2) is 54.6 Å². The van der Waals surface area contributed by atoms with E-state index in [4.69, 9.17) is 5.73 Å². The number of anilines is 1. The lowest BCUT2D eigenvalue weighted by Gasteiger charge is -2.18. The average molecular weight is 268 g/mol. The highest BCUT2D eigenvalue weighted by atomic mass is 14.9. The van der Waals surface area contributed by atoms with Crippen molar-refractivity contribution in [1.82, 2.24) is 0 Å². The van der Waals surface area contributed by atoms with Crippen molar-refractivity contribution >= 4 is 5.69 Å². The molecular weight excluding hydrogens is 244 g/mol. The van der Waals surface area contributed by atoms with E-state index in [9.17, 15) is 0 Å². The van der Waals surface area contributed by atoms with E-state index in [0.717, 1.165) is 13.0 Å². The second-order valence-corrected chi connectivity index (χ2v) is 5.54. The number of benzene rings is 2. The molecule has 0 bridgehead atoms. The molecule has 0 saturated carbocycles. The van der Waals surface area contributed by atoms with E-state index in [1.807, 2.05) is 0 Å². The van der Waals surface area contributed by atoms with Gasteiger partial charge in [-0.25, -0.2) is 0 Å². The minimum absolute atomic E-state index is 0.212. The summed E-state index contributed by atoms with van der Waals surface area (Å²) in [6, 6.07) is 19.3. The first-order valence-corrected chi connectivity index (χ1v) is 7.28. The first kappa shape index (κ1) is 14.6. The fraction of sp³-hybridized carbons (Fsp3) is 0.333. The van der Waals surface area contributed by atoms with E-state index in [1.54, 1.807) is 0 Å². The molecule has 2 aromatic rings. The summed E-state index contributed by atoms with van der Waals surface area (Å²) in [5.74, 6) is 0.458. The van der Waals surface area contributed by atoms with Gasteiger partial charge in [0, 0.05) is 18.3 Å². The molecule has 2 rings (SSSR count). The van der Waals surface area contributed by atoms with E-state index in [0.29, 0.717) is 5.92 Å². The summed E-state index contributed by atoms with van der Waals surface area (Å²) < 4.78 is 0. The van der Waals surface area contributed by atoms with E-state index in [2.05, 4.69) is 73.8 Å². The highest BCUT2D eigenvalue weighted by Crippen LogP contribution is 2.19. The normalized spacial score (nSPS) is 13.8. The fourth-order valence-corrected chi connectivity index (χ4v) is 2.12. The van der Waals surface area contributed by atoms with E-state index >= 15 is 0 Å². The molecule has 0 radical (unpaired) electrons. The van der Waals surface area contributed by atoms with Gasteiger partial charge in [0.2, 0.25) is 0 Å². The molecule has 0 aliphatic rings. The van der Waals surface area contributed by atoms with Crippen LogP contribution in [-0.4, -0.2) is 12.6 Å². The molecule has 20 heavy (non-hydrogen) atoms. The minimum atomic E-state index is 0.212. The molecule has 2 aromatic carbocycles. The molecule has 0 aliphatic carbocycles. The summed E-state index contributed by atoms with van der Waals surface area (Å²) in [6.45, 7) is 5.14. The lowest BCUT2D eigenvalue weighted by Crippen LogP contribution is -2.29. The van der Waals surface area contributed by atoms with Crippen molar-refractivity contribution in [3.05, 3.63) is 65.7 Å². The average Bonchev–Trinajstić information content (AvgIpc) is 2.47. The van der Waals surface area contributed by atoms with Gasteiger partial charge in [0.1, 0.15) is 0 Å². The Labute approximate surface area is 122 Å². The standard InChI is InChI=1S/C18H24N2/c1-14(15(2)19)13-20-18-11-7-6-10-17(18)12-16-8-4-3-5-9-16/h3-11,14-15,20H,12-13,19H2,1-2H3. The number of nitrogens with one attached hydrogen (secondary N) is 1. The quantitative estimate of drug-likeness (QED) is 0.839. The Balaban J connectivity index is 2.06. The Kier molecular flexibility index (Phi) is 5.19. The lowest BCUT2D eigenvalue weighted by atomic mass is 10.0. The number of nitrogens with two attached hydrogens (primary N) is 1. The van der Waals surface area contributed by atoms with Gasteiger partial charge in [0.05, 0.1) is 0 Å². The Morgan fingerprint density at radius 3 is 2.30 bits per heavy atom. The van der Waals surface area contributed by atoms with Crippen molar-refractivity contribution in [3.63, 3.8) is 0 Å². The monoisotopic (exact) mass is 268 g/mol. The predicted molar refractivity (Wildman–Crippen MR) is 87.0 cm³/mol. The molecule has 3 N–H and O–H groups in total. The van der Waals surface area contributed by atoms with Gasteiger partial charge in [-0.15, -0.1) is 0 Å². The molecule has 2 atom stereocenters. The van der Waals surface area contributed by atoms with Gasteiger partial charge in [-0.3, -0.25) is 0 Å². The van der Waals surface area contributed by atoms with Crippen molar-refractivity contribution in [2.75, 3.05) is 11.9 Å².